The van der Waals surface area contributed by atoms with E-state index in [1.54, 1.807) is 6.92 Å². The van der Waals surface area contributed by atoms with Crippen molar-refractivity contribution in [3.8, 4) is 0 Å². The number of aryl methyl sites for hydroxylation is 1. The molecule has 1 heterocycles. The predicted molar refractivity (Wildman–Crippen MR) is 67.7 cm³/mol. The molecule has 118 valence electrons. The Bertz CT molecular complexity index is 513. The number of hydrogen-bond acceptors (Lipinski definition) is 4. The first-order chi connectivity index (χ1) is 9.84. The van der Waals surface area contributed by atoms with Crippen LogP contribution >= 0.6 is 0 Å². The number of carbonyl (C=O) groups excluding carboxylic acids is 1. The van der Waals surface area contributed by atoms with Gasteiger partial charge in [-0.1, -0.05) is 12.8 Å². The van der Waals surface area contributed by atoms with Crippen LogP contribution in [-0.4, -0.2) is 33.5 Å². The van der Waals surface area contributed by atoms with Gasteiger partial charge in [-0.05, 0) is 19.8 Å². The second-order valence-corrected chi connectivity index (χ2v) is 5.18. The molecule has 21 heavy (non-hydrogen) atoms. The Hall–Kier alpha value is -1.60. The fraction of sp³-hybridized carbons (Fsp3) is 0.769. The monoisotopic (exact) mass is 305 g/mol. The third-order valence-corrected chi connectivity index (χ3v) is 3.77. The van der Waals surface area contributed by atoms with Crippen LogP contribution < -0.4 is 0 Å². The quantitative estimate of drug-likeness (QED) is 0.806. The van der Waals surface area contributed by atoms with Crippen LogP contribution in [-0.2, 0) is 11.8 Å². The number of ether oxygens (including phenoxy) is 1. The van der Waals surface area contributed by atoms with E-state index in [0.717, 1.165) is 6.42 Å². The molecular formula is C13H18F3N3O2. The number of nitrogens with zero attached hydrogens (tertiary/aromatic N) is 3. The highest BCUT2D eigenvalue weighted by Gasteiger charge is 2.47. The van der Waals surface area contributed by atoms with E-state index in [0.29, 0.717) is 12.8 Å². The van der Waals surface area contributed by atoms with E-state index in [2.05, 4.69) is 10.1 Å². The number of aromatic nitrogens is 3. The molecule has 0 bridgehead atoms. The molecule has 0 saturated heterocycles. The molecule has 1 fully saturated rings. The van der Waals surface area contributed by atoms with Crippen molar-refractivity contribution in [2.24, 2.45) is 13.0 Å². The Balaban J connectivity index is 2.29. The molecule has 5 nitrogen and oxygen atoms in total. The second kappa shape index (κ2) is 6.03. The SMILES string of the molecule is CCOC(=O)c1nc(C2CCCCC2C(F)(F)F)n(C)n1. The molecular weight excluding hydrogens is 287 g/mol. The third-order valence-electron chi connectivity index (χ3n) is 3.77. The summed E-state index contributed by atoms with van der Waals surface area (Å²) in [4.78, 5) is 15.6. The van der Waals surface area contributed by atoms with Crippen molar-refractivity contribution in [2.75, 3.05) is 6.61 Å². The van der Waals surface area contributed by atoms with Crippen LogP contribution in [0.15, 0.2) is 0 Å². The smallest absolute Gasteiger partial charge is 0.392 e. The zero-order chi connectivity index (χ0) is 15.6. The molecule has 1 aliphatic rings. The van der Waals surface area contributed by atoms with Crippen molar-refractivity contribution in [3.63, 3.8) is 0 Å². The van der Waals surface area contributed by atoms with Gasteiger partial charge in [0.05, 0.1) is 12.5 Å². The normalized spacial score (nSPS) is 23.1. The summed E-state index contributed by atoms with van der Waals surface area (Å²) in [7, 11) is 1.51. The predicted octanol–water partition coefficient (Wildman–Crippen LogP) is 2.83. The number of hydrogen-bond donors (Lipinski definition) is 0. The third kappa shape index (κ3) is 3.36. The molecule has 0 amide bonds. The zero-order valence-corrected chi connectivity index (χ0v) is 12.0. The van der Waals surface area contributed by atoms with E-state index in [-0.39, 0.29) is 24.7 Å². The lowest BCUT2D eigenvalue weighted by Gasteiger charge is -2.32. The maximum atomic E-state index is 13.1. The lowest BCUT2D eigenvalue weighted by molar-refractivity contribution is -0.188. The molecule has 8 heteroatoms. The summed E-state index contributed by atoms with van der Waals surface area (Å²) in [5, 5.41) is 3.88. The Morgan fingerprint density at radius 3 is 2.67 bits per heavy atom. The van der Waals surface area contributed by atoms with E-state index >= 15 is 0 Å². The standard InChI is InChI=1S/C13H18F3N3O2/c1-3-21-12(20)10-17-11(19(2)18-10)8-6-4-5-7-9(8)13(14,15)16/h8-9H,3-7H2,1-2H3. The fourth-order valence-electron chi connectivity index (χ4n) is 2.83. The van der Waals surface area contributed by atoms with Crippen LogP contribution in [0, 0.1) is 5.92 Å². The largest absolute Gasteiger partial charge is 0.460 e. The van der Waals surface area contributed by atoms with Gasteiger partial charge in [-0.15, -0.1) is 5.10 Å². The molecule has 0 spiro atoms. The summed E-state index contributed by atoms with van der Waals surface area (Å²) in [5.74, 6) is -2.86. The number of esters is 1. The summed E-state index contributed by atoms with van der Waals surface area (Å²) in [6, 6.07) is 0. The lowest BCUT2D eigenvalue weighted by atomic mass is 9.78. The average molecular weight is 305 g/mol. The zero-order valence-electron chi connectivity index (χ0n) is 12.0. The van der Waals surface area contributed by atoms with Gasteiger partial charge in [0.2, 0.25) is 0 Å². The molecule has 2 atom stereocenters. The molecule has 0 N–H and O–H groups in total. The van der Waals surface area contributed by atoms with Gasteiger partial charge in [0.1, 0.15) is 5.82 Å². The molecule has 1 aromatic rings. The molecule has 0 aliphatic heterocycles. The van der Waals surface area contributed by atoms with Gasteiger partial charge >= 0.3 is 12.1 Å². The summed E-state index contributed by atoms with van der Waals surface area (Å²) in [5.41, 5.74) is 0. The van der Waals surface area contributed by atoms with Gasteiger partial charge in [0, 0.05) is 13.0 Å². The summed E-state index contributed by atoms with van der Waals surface area (Å²) in [6.45, 7) is 1.81. The van der Waals surface area contributed by atoms with Crippen LogP contribution in [0.2, 0.25) is 0 Å². The molecule has 0 radical (unpaired) electrons. The van der Waals surface area contributed by atoms with E-state index in [1.165, 1.54) is 11.7 Å². The first-order valence-corrected chi connectivity index (χ1v) is 6.99. The van der Waals surface area contributed by atoms with Crippen LogP contribution in [0.3, 0.4) is 0 Å². The van der Waals surface area contributed by atoms with Crippen molar-refractivity contribution in [1.82, 2.24) is 14.8 Å². The van der Waals surface area contributed by atoms with E-state index in [4.69, 9.17) is 4.74 Å². The highest BCUT2D eigenvalue weighted by atomic mass is 19.4. The van der Waals surface area contributed by atoms with Gasteiger partial charge in [-0.3, -0.25) is 4.68 Å². The Morgan fingerprint density at radius 1 is 1.38 bits per heavy atom. The van der Waals surface area contributed by atoms with E-state index < -0.39 is 24.0 Å². The second-order valence-electron chi connectivity index (χ2n) is 5.18. The molecule has 1 saturated carbocycles. The van der Waals surface area contributed by atoms with Gasteiger partial charge in [0.25, 0.3) is 5.82 Å². The number of rotatable bonds is 3. The number of halogens is 3. The minimum Gasteiger partial charge on any atom is -0.460 e. The number of carbonyl (C=O) groups is 1. The summed E-state index contributed by atoms with van der Waals surface area (Å²) < 4.78 is 45.5. The van der Waals surface area contributed by atoms with Gasteiger partial charge in [-0.2, -0.15) is 13.2 Å². The van der Waals surface area contributed by atoms with E-state index in [1.807, 2.05) is 0 Å². The fourth-order valence-corrected chi connectivity index (χ4v) is 2.83. The van der Waals surface area contributed by atoms with Crippen molar-refractivity contribution in [1.29, 1.82) is 0 Å². The minimum absolute atomic E-state index is 0.0930. The van der Waals surface area contributed by atoms with Crippen molar-refractivity contribution >= 4 is 5.97 Å². The van der Waals surface area contributed by atoms with E-state index in [9.17, 15) is 18.0 Å². The minimum atomic E-state index is -4.26. The summed E-state index contributed by atoms with van der Waals surface area (Å²) in [6.07, 6.45) is -2.49. The first kappa shape index (κ1) is 15.8. The lowest BCUT2D eigenvalue weighted by Crippen LogP contribution is -2.33. The average Bonchev–Trinajstić information content (AvgIpc) is 2.80. The number of alkyl halides is 3. The topological polar surface area (TPSA) is 57.0 Å². The van der Waals surface area contributed by atoms with Gasteiger partial charge in [-0.25, -0.2) is 9.78 Å². The maximum Gasteiger partial charge on any atom is 0.392 e. The van der Waals surface area contributed by atoms with Crippen LogP contribution in [0.5, 0.6) is 0 Å². The molecule has 2 rings (SSSR count). The highest BCUT2D eigenvalue weighted by molar-refractivity contribution is 5.85. The molecule has 2 unspecified atom stereocenters. The summed E-state index contributed by atoms with van der Waals surface area (Å²) >= 11 is 0. The van der Waals surface area contributed by atoms with Crippen LogP contribution in [0.1, 0.15) is 55.0 Å². The maximum absolute atomic E-state index is 13.1. The van der Waals surface area contributed by atoms with Crippen LogP contribution in [0.25, 0.3) is 0 Å². The first-order valence-electron chi connectivity index (χ1n) is 6.99. The van der Waals surface area contributed by atoms with Gasteiger partial charge < -0.3 is 4.74 Å². The van der Waals surface area contributed by atoms with Crippen molar-refractivity contribution in [3.05, 3.63) is 11.6 Å². The Kier molecular flexibility index (Phi) is 4.53. The van der Waals surface area contributed by atoms with Crippen molar-refractivity contribution in [2.45, 2.75) is 44.7 Å². The van der Waals surface area contributed by atoms with Crippen LogP contribution in [0.4, 0.5) is 13.2 Å². The molecule has 1 aromatic heterocycles. The Labute approximate surface area is 120 Å². The molecule has 1 aliphatic carbocycles. The van der Waals surface area contributed by atoms with Gasteiger partial charge in [0.15, 0.2) is 0 Å². The Morgan fingerprint density at radius 2 is 2.05 bits per heavy atom. The van der Waals surface area contributed by atoms with Crippen molar-refractivity contribution < 1.29 is 22.7 Å². The highest BCUT2D eigenvalue weighted by Crippen LogP contribution is 2.45. The molecule has 0 aromatic carbocycles.